The molecule has 0 aliphatic heterocycles. The van der Waals surface area contributed by atoms with E-state index in [1.165, 1.54) is 0 Å². The minimum Gasteiger partial charge on any atom is -0.464 e. The van der Waals surface area contributed by atoms with Crippen LogP contribution in [0.1, 0.15) is 42.1 Å². The topological polar surface area (TPSA) is 87.0 Å². The van der Waals surface area contributed by atoms with E-state index in [1.807, 2.05) is 30.5 Å². The number of nitrogens with one attached hydrogen (secondary N) is 2. The van der Waals surface area contributed by atoms with Gasteiger partial charge in [-0.2, -0.15) is 5.26 Å². The van der Waals surface area contributed by atoms with E-state index in [1.54, 1.807) is 37.4 Å². The van der Waals surface area contributed by atoms with E-state index in [0.717, 1.165) is 34.5 Å². The van der Waals surface area contributed by atoms with Gasteiger partial charge in [0, 0.05) is 30.3 Å². The van der Waals surface area contributed by atoms with Crippen LogP contribution in [0.5, 0.6) is 0 Å². The van der Waals surface area contributed by atoms with Crippen molar-refractivity contribution >= 4 is 17.3 Å². The average molecular weight is 415 g/mol. The lowest BCUT2D eigenvalue weighted by molar-refractivity contribution is -0.144. The summed E-state index contributed by atoms with van der Waals surface area (Å²) in [6.45, 7) is 4.80. The molecule has 31 heavy (non-hydrogen) atoms. The molecule has 6 nitrogen and oxygen atoms in total. The fraction of sp³-hybridized carbons (Fsp3) is 0.240. The highest BCUT2D eigenvalue weighted by Gasteiger charge is 2.23. The monoisotopic (exact) mass is 414 g/mol. The van der Waals surface area contributed by atoms with Gasteiger partial charge in [-0.3, -0.25) is 4.98 Å². The molecule has 0 fully saturated rings. The Morgan fingerprint density at radius 1 is 1.10 bits per heavy atom. The van der Waals surface area contributed by atoms with Crippen LogP contribution in [0.15, 0.2) is 67.0 Å². The van der Waals surface area contributed by atoms with E-state index in [9.17, 15) is 4.79 Å². The van der Waals surface area contributed by atoms with Gasteiger partial charge in [-0.25, -0.2) is 4.79 Å². The first-order chi connectivity index (χ1) is 15.1. The van der Waals surface area contributed by atoms with Gasteiger partial charge >= 0.3 is 5.97 Å². The molecular formula is C25H26N4O2. The predicted molar refractivity (Wildman–Crippen MR) is 122 cm³/mol. The van der Waals surface area contributed by atoms with Crippen molar-refractivity contribution in [2.75, 3.05) is 17.2 Å². The van der Waals surface area contributed by atoms with Crippen molar-refractivity contribution in [2.45, 2.75) is 32.9 Å². The summed E-state index contributed by atoms with van der Waals surface area (Å²) < 4.78 is 5.34. The van der Waals surface area contributed by atoms with E-state index < -0.39 is 6.04 Å². The number of aromatic nitrogens is 1. The van der Waals surface area contributed by atoms with Gasteiger partial charge < -0.3 is 15.4 Å². The summed E-state index contributed by atoms with van der Waals surface area (Å²) in [6.07, 6.45) is 4.41. The Kier molecular flexibility index (Phi) is 7.61. The lowest BCUT2D eigenvalue weighted by atomic mass is 10.0. The van der Waals surface area contributed by atoms with Crippen LogP contribution in [0.3, 0.4) is 0 Å². The van der Waals surface area contributed by atoms with Gasteiger partial charge in [0.1, 0.15) is 0 Å². The molecule has 0 aliphatic rings. The van der Waals surface area contributed by atoms with E-state index in [2.05, 4.69) is 34.7 Å². The van der Waals surface area contributed by atoms with Crippen LogP contribution in [-0.4, -0.2) is 17.6 Å². The first-order valence-electron chi connectivity index (χ1n) is 10.3. The minimum absolute atomic E-state index is 0.296. The average Bonchev–Trinajstić information content (AvgIpc) is 2.82. The van der Waals surface area contributed by atoms with E-state index in [4.69, 9.17) is 10.00 Å². The number of esters is 1. The smallest absolute Gasteiger partial charge is 0.333 e. The molecule has 3 aromatic rings. The number of hydrogen-bond donors (Lipinski definition) is 2. The molecule has 0 aliphatic carbocycles. The molecule has 1 unspecified atom stereocenters. The van der Waals surface area contributed by atoms with E-state index in [-0.39, 0.29) is 5.97 Å². The predicted octanol–water partition coefficient (Wildman–Crippen LogP) is 4.84. The molecule has 158 valence electrons. The lowest BCUT2D eigenvalue weighted by Gasteiger charge is -2.21. The summed E-state index contributed by atoms with van der Waals surface area (Å²) in [4.78, 5) is 16.9. The zero-order chi connectivity index (χ0) is 22.1. The maximum atomic E-state index is 12.8. The molecule has 6 heteroatoms. The number of nitriles is 1. The number of nitrogens with zero attached hydrogens (tertiary/aromatic N) is 2. The van der Waals surface area contributed by atoms with E-state index >= 15 is 0 Å². The number of benzene rings is 2. The van der Waals surface area contributed by atoms with Gasteiger partial charge in [-0.15, -0.1) is 0 Å². The van der Waals surface area contributed by atoms with Gasteiger partial charge in [0.25, 0.3) is 0 Å². The number of aryl methyl sites for hydroxylation is 1. The first kappa shape index (κ1) is 21.8. The van der Waals surface area contributed by atoms with E-state index in [0.29, 0.717) is 18.7 Å². The standard InChI is InChI=1S/C25H26N4O2/c1-3-18-12-21(14-23(13-18)28-17-20-6-5-11-27-16-20)24(25(30)31-4-2)29-22-9-7-19(15-26)8-10-22/h5-14,16,24,28-29H,3-4,17H2,1-2H3. The Hall–Kier alpha value is -3.85. The van der Waals surface area contributed by atoms with Crippen LogP contribution >= 0.6 is 0 Å². The molecule has 0 bridgehead atoms. The highest BCUT2D eigenvalue weighted by molar-refractivity contribution is 5.81. The quantitative estimate of drug-likeness (QED) is 0.487. The normalized spacial score (nSPS) is 11.3. The maximum absolute atomic E-state index is 12.8. The first-order valence-corrected chi connectivity index (χ1v) is 10.3. The van der Waals surface area contributed by atoms with Crippen LogP contribution in [-0.2, 0) is 22.5 Å². The molecule has 0 radical (unpaired) electrons. The number of hydrogen-bond acceptors (Lipinski definition) is 6. The zero-order valence-electron chi connectivity index (χ0n) is 17.8. The molecule has 1 heterocycles. The largest absolute Gasteiger partial charge is 0.464 e. The Morgan fingerprint density at radius 3 is 2.55 bits per heavy atom. The van der Waals surface area contributed by atoms with Crippen molar-refractivity contribution < 1.29 is 9.53 Å². The summed E-state index contributed by atoms with van der Waals surface area (Å²) in [7, 11) is 0. The van der Waals surface area contributed by atoms with Gasteiger partial charge in [-0.05, 0) is 72.5 Å². The number of carbonyl (C=O) groups is 1. The van der Waals surface area contributed by atoms with Crippen LogP contribution in [0.4, 0.5) is 11.4 Å². The molecule has 3 rings (SSSR count). The molecule has 0 spiro atoms. The third-order valence-electron chi connectivity index (χ3n) is 4.82. The second-order valence-corrected chi connectivity index (χ2v) is 7.05. The van der Waals surface area contributed by atoms with Crippen LogP contribution in [0.2, 0.25) is 0 Å². The van der Waals surface area contributed by atoms with Crippen LogP contribution < -0.4 is 10.6 Å². The maximum Gasteiger partial charge on any atom is 0.333 e. The SMILES string of the molecule is CCOC(=O)C(Nc1ccc(C#N)cc1)c1cc(CC)cc(NCc2cccnc2)c1. The zero-order valence-corrected chi connectivity index (χ0v) is 17.8. The highest BCUT2D eigenvalue weighted by Crippen LogP contribution is 2.26. The Balaban J connectivity index is 1.88. The lowest BCUT2D eigenvalue weighted by Crippen LogP contribution is -2.23. The third-order valence-corrected chi connectivity index (χ3v) is 4.82. The fourth-order valence-corrected chi connectivity index (χ4v) is 3.21. The number of rotatable bonds is 9. The van der Waals surface area contributed by atoms with Crippen molar-refractivity contribution in [3.8, 4) is 6.07 Å². The van der Waals surface area contributed by atoms with Gasteiger partial charge in [0.2, 0.25) is 0 Å². The van der Waals surface area contributed by atoms with Crippen molar-refractivity contribution in [3.05, 3.63) is 89.2 Å². The molecule has 0 amide bonds. The van der Waals surface area contributed by atoms with Gasteiger partial charge in [-0.1, -0.05) is 19.1 Å². The number of anilines is 2. The molecule has 0 saturated carbocycles. The number of pyridine rings is 1. The summed E-state index contributed by atoms with van der Waals surface area (Å²) in [5.41, 5.74) is 5.23. The summed E-state index contributed by atoms with van der Waals surface area (Å²) in [5, 5.41) is 15.7. The third kappa shape index (κ3) is 6.06. The van der Waals surface area contributed by atoms with Crippen molar-refractivity contribution in [2.24, 2.45) is 0 Å². The second-order valence-electron chi connectivity index (χ2n) is 7.05. The van der Waals surface area contributed by atoms with Crippen LogP contribution in [0.25, 0.3) is 0 Å². The summed E-state index contributed by atoms with van der Waals surface area (Å²) in [5.74, 6) is -0.349. The Labute approximate surface area is 182 Å². The Morgan fingerprint density at radius 2 is 1.90 bits per heavy atom. The molecule has 2 N–H and O–H groups in total. The Bertz CT molecular complexity index is 1040. The van der Waals surface area contributed by atoms with Crippen molar-refractivity contribution in [1.29, 1.82) is 5.26 Å². The number of ether oxygens (including phenoxy) is 1. The van der Waals surface area contributed by atoms with Crippen molar-refractivity contribution in [3.63, 3.8) is 0 Å². The van der Waals surface area contributed by atoms with Crippen molar-refractivity contribution in [1.82, 2.24) is 4.98 Å². The fourth-order valence-electron chi connectivity index (χ4n) is 3.21. The number of carbonyl (C=O) groups excluding carboxylic acids is 1. The summed E-state index contributed by atoms with van der Waals surface area (Å²) >= 11 is 0. The van der Waals surface area contributed by atoms with Gasteiger partial charge in [0.05, 0.1) is 18.2 Å². The molecule has 0 saturated heterocycles. The van der Waals surface area contributed by atoms with Gasteiger partial charge in [0.15, 0.2) is 6.04 Å². The molecule has 2 aromatic carbocycles. The molecule has 1 atom stereocenters. The second kappa shape index (κ2) is 10.8. The highest BCUT2D eigenvalue weighted by atomic mass is 16.5. The van der Waals surface area contributed by atoms with Crippen LogP contribution in [0, 0.1) is 11.3 Å². The minimum atomic E-state index is -0.668. The molecular weight excluding hydrogens is 388 g/mol. The molecule has 1 aromatic heterocycles. The summed E-state index contributed by atoms with van der Waals surface area (Å²) in [6, 6.07) is 18.4.